The van der Waals surface area contributed by atoms with Crippen LogP contribution in [-0.2, 0) is 14.3 Å². The van der Waals surface area contributed by atoms with Crippen molar-refractivity contribution in [2.45, 2.75) is 40.2 Å². The summed E-state index contributed by atoms with van der Waals surface area (Å²) >= 11 is 0. The van der Waals surface area contributed by atoms with Crippen molar-refractivity contribution in [3.05, 3.63) is 59.2 Å². The molecule has 0 spiro atoms. The third-order valence-electron chi connectivity index (χ3n) is 5.47. The van der Waals surface area contributed by atoms with Crippen molar-refractivity contribution in [3.63, 3.8) is 0 Å². The van der Waals surface area contributed by atoms with Crippen LogP contribution in [0, 0.1) is 6.92 Å². The molecule has 0 saturated carbocycles. The molecule has 204 valence electrons. The van der Waals surface area contributed by atoms with Crippen LogP contribution in [0.5, 0.6) is 5.88 Å². The Kier molecular flexibility index (Phi) is 7.99. The van der Waals surface area contributed by atoms with E-state index in [-0.39, 0.29) is 25.7 Å². The molecular weight excluding hydrogens is 502 g/mol. The molecule has 11 nitrogen and oxygen atoms in total. The fourth-order valence-electron chi connectivity index (χ4n) is 3.91. The number of ether oxygens (including phenoxy) is 3. The minimum absolute atomic E-state index is 0.155. The van der Waals surface area contributed by atoms with E-state index in [9.17, 15) is 14.4 Å². The van der Waals surface area contributed by atoms with Crippen molar-refractivity contribution >= 4 is 35.3 Å². The number of pyridine rings is 2. The quantitative estimate of drug-likeness (QED) is 0.220. The Morgan fingerprint density at radius 1 is 1.18 bits per heavy atom. The van der Waals surface area contributed by atoms with Crippen molar-refractivity contribution in [2.75, 3.05) is 25.1 Å². The first-order valence-electron chi connectivity index (χ1n) is 12.5. The number of nitrogens with zero attached hydrogens (tertiary/aromatic N) is 2. The molecule has 0 saturated heterocycles. The van der Waals surface area contributed by atoms with Gasteiger partial charge >= 0.3 is 12.1 Å². The number of hydrogen-bond acceptors (Lipinski definition) is 8. The maximum atomic E-state index is 12.8. The number of hydrogen-bond donors (Lipinski definition) is 3. The van der Waals surface area contributed by atoms with Crippen LogP contribution in [0.25, 0.3) is 22.9 Å². The van der Waals surface area contributed by atoms with E-state index in [0.29, 0.717) is 45.3 Å². The van der Waals surface area contributed by atoms with Gasteiger partial charge in [0.15, 0.2) is 0 Å². The van der Waals surface area contributed by atoms with Crippen LogP contribution in [0.4, 0.5) is 10.5 Å². The van der Waals surface area contributed by atoms with Gasteiger partial charge in [0, 0.05) is 11.9 Å². The number of rotatable bonds is 8. The Bertz CT molecular complexity index is 1440. The van der Waals surface area contributed by atoms with Crippen LogP contribution in [0.1, 0.15) is 55.1 Å². The van der Waals surface area contributed by atoms with E-state index in [0.717, 1.165) is 5.69 Å². The summed E-state index contributed by atoms with van der Waals surface area (Å²) in [5, 5.41) is 5.45. The van der Waals surface area contributed by atoms with Gasteiger partial charge in [0.1, 0.15) is 17.9 Å². The second-order valence-electron chi connectivity index (χ2n) is 9.74. The molecule has 0 atom stereocenters. The number of amides is 2. The molecule has 0 unspecified atom stereocenters. The van der Waals surface area contributed by atoms with Gasteiger partial charge in [0.25, 0.3) is 5.91 Å². The number of H-pyrrole nitrogens is 1. The van der Waals surface area contributed by atoms with E-state index in [1.165, 1.54) is 0 Å². The van der Waals surface area contributed by atoms with Gasteiger partial charge in [-0.1, -0.05) is 0 Å². The molecule has 2 amide bonds. The summed E-state index contributed by atoms with van der Waals surface area (Å²) in [6, 6.07) is 8.75. The SMILES string of the molecule is CCOC(=O)c1cc(C)[nH]c1/C=C1\C(=O)Nc2ccc(-c3cccnc3OCCNC(=O)OC(C)(C)C)nc21. The zero-order valence-corrected chi connectivity index (χ0v) is 22.5. The van der Waals surface area contributed by atoms with E-state index in [2.05, 4.69) is 20.6 Å². The first kappa shape index (κ1) is 27.4. The molecule has 1 aliphatic rings. The molecule has 0 aliphatic carbocycles. The highest BCUT2D eigenvalue weighted by molar-refractivity contribution is 6.34. The molecular formula is C28H31N5O6. The fourth-order valence-corrected chi connectivity index (χ4v) is 3.91. The summed E-state index contributed by atoms with van der Waals surface area (Å²) in [5.41, 5.74) is 3.37. The number of carbonyl (C=O) groups is 3. The molecule has 4 rings (SSSR count). The number of aromatic nitrogens is 3. The lowest BCUT2D eigenvalue weighted by Crippen LogP contribution is -2.34. The highest BCUT2D eigenvalue weighted by Crippen LogP contribution is 2.35. The van der Waals surface area contributed by atoms with Crippen molar-refractivity contribution in [3.8, 4) is 17.1 Å². The number of fused-ring (bicyclic) bond motifs is 1. The van der Waals surface area contributed by atoms with Crippen LogP contribution in [-0.4, -0.2) is 58.3 Å². The molecule has 1 aliphatic heterocycles. The molecule has 0 radical (unpaired) electrons. The van der Waals surface area contributed by atoms with Gasteiger partial charge in [0.2, 0.25) is 5.88 Å². The van der Waals surface area contributed by atoms with Crippen molar-refractivity contribution in [2.24, 2.45) is 0 Å². The number of nitrogens with one attached hydrogen (secondary N) is 3. The monoisotopic (exact) mass is 533 g/mol. The summed E-state index contributed by atoms with van der Waals surface area (Å²) in [6.45, 7) is 9.51. The first-order valence-corrected chi connectivity index (χ1v) is 12.5. The first-order chi connectivity index (χ1) is 18.6. The summed E-state index contributed by atoms with van der Waals surface area (Å²) in [4.78, 5) is 49.3. The lowest BCUT2D eigenvalue weighted by Gasteiger charge is -2.19. The smallest absolute Gasteiger partial charge is 0.407 e. The van der Waals surface area contributed by atoms with E-state index < -0.39 is 17.7 Å². The Hall–Kier alpha value is -4.67. The van der Waals surface area contributed by atoms with E-state index in [1.54, 1.807) is 70.3 Å². The Balaban J connectivity index is 1.57. The van der Waals surface area contributed by atoms with Gasteiger partial charge in [0.05, 0.1) is 46.9 Å². The molecule has 4 heterocycles. The lowest BCUT2D eigenvalue weighted by atomic mass is 10.1. The van der Waals surface area contributed by atoms with Crippen molar-refractivity contribution in [1.82, 2.24) is 20.3 Å². The van der Waals surface area contributed by atoms with E-state index in [4.69, 9.17) is 19.2 Å². The average Bonchev–Trinajstić information content (AvgIpc) is 3.39. The largest absolute Gasteiger partial charge is 0.475 e. The average molecular weight is 534 g/mol. The molecule has 11 heteroatoms. The van der Waals surface area contributed by atoms with Crippen LogP contribution < -0.4 is 15.4 Å². The molecule has 0 bridgehead atoms. The maximum Gasteiger partial charge on any atom is 0.407 e. The number of aromatic amines is 1. The van der Waals surface area contributed by atoms with E-state index in [1.807, 2.05) is 6.92 Å². The Morgan fingerprint density at radius 3 is 2.72 bits per heavy atom. The van der Waals surface area contributed by atoms with Gasteiger partial charge in [-0.15, -0.1) is 0 Å². The zero-order chi connectivity index (χ0) is 28.2. The van der Waals surface area contributed by atoms with Crippen molar-refractivity contribution < 1.29 is 28.6 Å². The van der Waals surface area contributed by atoms with Gasteiger partial charge in [-0.2, -0.15) is 0 Å². The number of alkyl carbamates (subject to hydrolysis) is 1. The van der Waals surface area contributed by atoms with E-state index >= 15 is 0 Å². The minimum Gasteiger partial charge on any atom is -0.475 e. The number of anilines is 1. The highest BCUT2D eigenvalue weighted by atomic mass is 16.6. The fraction of sp³-hybridized carbons (Fsp3) is 0.321. The second-order valence-corrected chi connectivity index (χ2v) is 9.74. The molecule has 39 heavy (non-hydrogen) atoms. The Labute approximate surface area is 226 Å². The number of esters is 1. The lowest BCUT2D eigenvalue weighted by molar-refractivity contribution is -0.110. The highest BCUT2D eigenvalue weighted by Gasteiger charge is 2.28. The molecule has 3 N–H and O–H groups in total. The van der Waals surface area contributed by atoms with Gasteiger partial charge in [-0.25, -0.2) is 19.6 Å². The summed E-state index contributed by atoms with van der Waals surface area (Å²) < 4.78 is 16.2. The summed E-state index contributed by atoms with van der Waals surface area (Å²) in [7, 11) is 0. The topological polar surface area (TPSA) is 145 Å². The third kappa shape index (κ3) is 6.61. The van der Waals surface area contributed by atoms with Crippen LogP contribution in [0.3, 0.4) is 0 Å². The number of aryl methyl sites for hydroxylation is 1. The Morgan fingerprint density at radius 2 is 1.97 bits per heavy atom. The van der Waals surface area contributed by atoms with Gasteiger partial charge in [-0.3, -0.25) is 4.79 Å². The number of carbonyl (C=O) groups excluding carboxylic acids is 3. The molecule has 0 fully saturated rings. The van der Waals surface area contributed by atoms with Crippen LogP contribution in [0.2, 0.25) is 0 Å². The summed E-state index contributed by atoms with van der Waals surface area (Å²) in [5.74, 6) is -0.497. The third-order valence-corrected chi connectivity index (χ3v) is 5.47. The van der Waals surface area contributed by atoms with Gasteiger partial charge < -0.3 is 29.8 Å². The summed E-state index contributed by atoms with van der Waals surface area (Å²) in [6.07, 6.45) is 2.65. The van der Waals surface area contributed by atoms with Crippen LogP contribution >= 0.6 is 0 Å². The molecule has 3 aromatic heterocycles. The minimum atomic E-state index is -0.595. The second kappa shape index (κ2) is 11.4. The predicted octanol–water partition coefficient (Wildman–Crippen LogP) is 4.35. The standard InChI is InChI=1S/C28H31N5O6/c1-6-37-26(35)18-14-16(2)31-22(18)15-19-23-21(33-24(19)34)10-9-20(32-23)17-8-7-11-29-25(17)38-13-12-30-27(36)39-28(3,4)5/h7-11,14-15,31H,6,12-13H2,1-5H3,(H,30,36)(H,33,34)/b19-15-. The maximum absolute atomic E-state index is 12.8. The molecule has 0 aromatic carbocycles. The van der Waals surface area contributed by atoms with Gasteiger partial charge in [-0.05, 0) is 71.0 Å². The van der Waals surface area contributed by atoms with Crippen LogP contribution in [0.15, 0.2) is 36.5 Å². The normalized spacial score (nSPS) is 13.6. The molecule has 3 aromatic rings. The predicted molar refractivity (Wildman–Crippen MR) is 145 cm³/mol. The van der Waals surface area contributed by atoms with Crippen molar-refractivity contribution in [1.29, 1.82) is 0 Å². The zero-order valence-electron chi connectivity index (χ0n) is 22.5.